The number of nitrogens with zero attached hydrogens (tertiary/aromatic N) is 1. The maximum absolute atomic E-state index is 13.4. The molecule has 2 N–H and O–H groups in total. The smallest absolute Gasteiger partial charge is 0.252 e. The van der Waals surface area contributed by atoms with E-state index in [1.165, 1.54) is 13.1 Å². The number of carbonyl (C=O) groups excluding carboxylic acids is 2. The molecule has 1 aromatic carbocycles. The van der Waals surface area contributed by atoms with E-state index in [1.807, 2.05) is 18.2 Å². The number of benzene rings is 1. The summed E-state index contributed by atoms with van der Waals surface area (Å²) >= 11 is 0. The molecular weight excluding hydrogens is 364 g/mol. The standard InChI is InChI=1S/C21H23F2N3O2/c1-13(26-14(2)27)11-25-20(28)17-10-16-4-3-5-18(19(16)24-12-17)15-6-8-21(22,23)9-7-15/h3-6,10,12-13H,7-9,11H2,1-2H3,(H,25,28)(H,26,27)/t13-/m1/s1. The second-order valence-corrected chi connectivity index (χ2v) is 7.20. The van der Waals surface area contributed by atoms with Gasteiger partial charge in [-0.2, -0.15) is 0 Å². The molecule has 0 fully saturated rings. The predicted molar refractivity (Wildman–Crippen MR) is 104 cm³/mol. The van der Waals surface area contributed by atoms with E-state index in [9.17, 15) is 18.4 Å². The van der Waals surface area contributed by atoms with Crippen LogP contribution in [0.2, 0.25) is 0 Å². The van der Waals surface area contributed by atoms with Crippen LogP contribution in [-0.2, 0) is 4.79 Å². The first kappa shape index (κ1) is 19.9. The number of amides is 2. The molecule has 2 aromatic rings. The maximum Gasteiger partial charge on any atom is 0.252 e. The fourth-order valence-corrected chi connectivity index (χ4v) is 3.33. The Bertz CT molecular complexity index is 940. The largest absolute Gasteiger partial charge is 0.352 e. The van der Waals surface area contributed by atoms with Crippen molar-refractivity contribution >= 4 is 28.3 Å². The summed E-state index contributed by atoms with van der Waals surface area (Å²) in [5, 5.41) is 6.24. The number of fused-ring (bicyclic) bond motifs is 1. The van der Waals surface area contributed by atoms with Crippen molar-refractivity contribution in [2.24, 2.45) is 0 Å². The monoisotopic (exact) mass is 387 g/mol. The van der Waals surface area contributed by atoms with Gasteiger partial charge in [0, 0.05) is 49.5 Å². The zero-order valence-corrected chi connectivity index (χ0v) is 15.9. The molecule has 0 saturated carbocycles. The zero-order chi connectivity index (χ0) is 20.3. The molecule has 148 valence electrons. The van der Waals surface area contributed by atoms with Gasteiger partial charge in [0.25, 0.3) is 11.8 Å². The topological polar surface area (TPSA) is 71.1 Å². The van der Waals surface area contributed by atoms with Crippen molar-refractivity contribution < 1.29 is 18.4 Å². The number of aromatic nitrogens is 1. The van der Waals surface area contributed by atoms with Crippen molar-refractivity contribution in [3.63, 3.8) is 0 Å². The minimum atomic E-state index is -2.64. The van der Waals surface area contributed by atoms with Crippen molar-refractivity contribution in [2.75, 3.05) is 6.54 Å². The average molecular weight is 387 g/mol. The number of carbonyl (C=O) groups is 2. The van der Waals surface area contributed by atoms with E-state index in [0.717, 1.165) is 16.5 Å². The fraction of sp³-hybridized carbons (Fsp3) is 0.381. The van der Waals surface area contributed by atoms with Crippen LogP contribution in [0.3, 0.4) is 0 Å². The molecule has 28 heavy (non-hydrogen) atoms. The van der Waals surface area contributed by atoms with Crippen LogP contribution in [0.1, 0.15) is 49.0 Å². The van der Waals surface area contributed by atoms with Crippen LogP contribution in [-0.4, -0.2) is 35.3 Å². The van der Waals surface area contributed by atoms with Gasteiger partial charge in [-0.25, -0.2) is 8.78 Å². The van der Waals surface area contributed by atoms with Crippen molar-refractivity contribution in [3.8, 4) is 0 Å². The molecule has 1 aliphatic carbocycles. The average Bonchev–Trinajstić information content (AvgIpc) is 2.65. The van der Waals surface area contributed by atoms with Gasteiger partial charge in [0.15, 0.2) is 0 Å². The van der Waals surface area contributed by atoms with Crippen LogP contribution < -0.4 is 10.6 Å². The first-order chi connectivity index (χ1) is 13.2. The van der Waals surface area contributed by atoms with Gasteiger partial charge < -0.3 is 10.6 Å². The number of pyridine rings is 1. The molecule has 1 atom stereocenters. The van der Waals surface area contributed by atoms with E-state index in [0.29, 0.717) is 24.0 Å². The van der Waals surface area contributed by atoms with E-state index >= 15 is 0 Å². The number of nitrogens with one attached hydrogen (secondary N) is 2. The second-order valence-electron chi connectivity index (χ2n) is 7.20. The SMILES string of the molecule is CC(=O)N[C@H](C)CNC(=O)c1cnc2c(C3=CCC(F)(F)CC3)cccc2c1. The molecule has 0 saturated heterocycles. The molecule has 0 spiro atoms. The Labute approximate surface area is 162 Å². The highest BCUT2D eigenvalue weighted by molar-refractivity contribution is 5.99. The van der Waals surface area contributed by atoms with Crippen molar-refractivity contribution in [3.05, 3.63) is 47.7 Å². The third-order valence-electron chi connectivity index (χ3n) is 4.74. The number of halogens is 2. The maximum atomic E-state index is 13.4. The van der Waals surface area contributed by atoms with Gasteiger partial charge in [-0.15, -0.1) is 0 Å². The highest BCUT2D eigenvalue weighted by atomic mass is 19.3. The third kappa shape index (κ3) is 4.71. The Morgan fingerprint density at radius 2 is 2.11 bits per heavy atom. The van der Waals surface area contributed by atoms with Crippen LogP contribution in [0.5, 0.6) is 0 Å². The molecule has 2 amide bonds. The van der Waals surface area contributed by atoms with Crippen molar-refractivity contribution in [1.29, 1.82) is 0 Å². The Morgan fingerprint density at radius 3 is 2.79 bits per heavy atom. The quantitative estimate of drug-likeness (QED) is 0.822. The minimum absolute atomic E-state index is 0.156. The van der Waals surface area contributed by atoms with Gasteiger partial charge in [0.05, 0.1) is 11.1 Å². The zero-order valence-electron chi connectivity index (χ0n) is 15.9. The molecule has 3 rings (SSSR count). The normalized spacial score (nSPS) is 16.9. The molecule has 0 unspecified atom stereocenters. The first-order valence-electron chi connectivity index (χ1n) is 9.26. The van der Waals surface area contributed by atoms with Crippen LogP contribution in [0, 0.1) is 0 Å². The van der Waals surface area contributed by atoms with Crippen molar-refractivity contribution in [1.82, 2.24) is 15.6 Å². The van der Waals surface area contributed by atoms with Gasteiger partial charge in [-0.1, -0.05) is 24.3 Å². The number of hydrogen-bond acceptors (Lipinski definition) is 3. The highest BCUT2D eigenvalue weighted by Crippen LogP contribution is 2.37. The minimum Gasteiger partial charge on any atom is -0.352 e. The molecule has 1 aromatic heterocycles. The Kier molecular flexibility index (Phi) is 5.72. The molecule has 5 nitrogen and oxygen atoms in total. The van der Waals surface area contributed by atoms with Crippen LogP contribution >= 0.6 is 0 Å². The molecule has 0 bridgehead atoms. The summed E-state index contributed by atoms with van der Waals surface area (Å²) in [6.45, 7) is 3.53. The molecule has 0 aliphatic heterocycles. The summed E-state index contributed by atoms with van der Waals surface area (Å²) in [6, 6.07) is 7.12. The number of alkyl halides is 2. The van der Waals surface area contributed by atoms with E-state index in [2.05, 4.69) is 15.6 Å². The fourth-order valence-electron chi connectivity index (χ4n) is 3.33. The number of para-hydroxylation sites is 1. The van der Waals surface area contributed by atoms with Crippen LogP contribution in [0.25, 0.3) is 16.5 Å². The van der Waals surface area contributed by atoms with Crippen LogP contribution in [0.15, 0.2) is 36.5 Å². The lowest BCUT2D eigenvalue weighted by molar-refractivity contribution is -0.119. The lowest BCUT2D eigenvalue weighted by Gasteiger charge is -2.22. The Balaban J connectivity index is 1.79. The van der Waals surface area contributed by atoms with Gasteiger partial charge in [-0.05, 0) is 25.0 Å². The third-order valence-corrected chi connectivity index (χ3v) is 4.74. The first-order valence-corrected chi connectivity index (χ1v) is 9.26. The van der Waals surface area contributed by atoms with Gasteiger partial charge >= 0.3 is 0 Å². The second kappa shape index (κ2) is 8.04. The summed E-state index contributed by atoms with van der Waals surface area (Å²) in [6.07, 6.45) is 2.96. The Hall–Kier alpha value is -2.83. The summed E-state index contributed by atoms with van der Waals surface area (Å²) < 4.78 is 26.8. The van der Waals surface area contributed by atoms with E-state index in [4.69, 9.17) is 0 Å². The molecule has 7 heteroatoms. The predicted octanol–water partition coefficient (Wildman–Crippen LogP) is 3.69. The van der Waals surface area contributed by atoms with E-state index in [-0.39, 0.29) is 30.7 Å². The molecule has 1 aliphatic rings. The van der Waals surface area contributed by atoms with Gasteiger partial charge in [-0.3, -0.25) is 14.6 Å². The van der Waals surface area contributed by atoms with E-state index in [1.54, 1.807) is 19.1 Å². The van der Waals surface area contributed by atoms with Crippen LogP contribution in [0.4, 0.5) is 8.78 Å². The lowest BCUT2D eigenvalue weighted by atomic mass is 9.90. The molecular formula is C21H23F2N3O2. The summed E-state index contributed by atoms with van der Waals surface area (Å²) in [5.74, 6) is -3.08. The highest BCUT2D eigenvalue weighted by Gasteiger charge is 2.31. The Morgan fingerprint density at radius 1 is 1.32 bits per heavy atom. The number of rotatable bonds is 5. The summed E-state index contributed by atoms with van der Waals surface area (Å²) in [5.41, 5.74) is 2.80. The molecule has 0 radical (unpaired) electrons. The summed E-state index contributed by atoms with van der Waals surface area (Å²) in [7, 11) is 0. The van der Waals surface area contributed by atoms with Crippen molar-refractivity contribution in [2.45, 2.75) is 45.1 Å². The number of allylic oxidation sites excluding steroid dienone is 2. The van der Waals surface area contributed by atoms with Gasteiger partial charge in [0.1, 0.15) is 0 Å². The lowest BCUT2D eigenvalue weighted by Crippen LogP contribution is -2.40. The number of hydrogen-bond donors (Lipinski definition) is 2. The molecule has 1 heterocycles. The van der Waals surface area contributed by atoms with E-state index < -0.39 is 5.92 Å². The summed E-state index contributed by atoms with van der Waals surface area (Å²) in [4.78, 5) is 27.8. The van der Waals surface area contributed by atoms with Gasteiger partial charge in [0.2, 0.25) is 5.91 Å².